The molecule has 2 rings (SSSR count). The summed E-state index contributed by atoms with van der Waals surface area (Å²) in [5.74, 6) is 1.87. The second-order valence-electron chi connectivity index (χ2n) is 5.56. The Balaban J connectivity index is 1.94. The molecular formula is C14H26N2OS. The number of hydrogen-bond acceptors (Lipinski definition) is 3. The van der Waals surface area contributed by atoms with Crippen LogP contribution >= 0.6 is 11.8 Å². The third-order valence-corrected chi connectivity index (χ3v) is 5.54. The van der Waals surface area contributed by atoms with Crippen molar-refractivity contribution in [1.82, 2.24) is 5.32 Å². The Bertz CT molecular complexity index is 296. The molecule has 1 N–H and O–H groups in total. The van der Waals surface area contributed by atoms with Crippen LogP contribution in [0.1, 0.15) is 46.5 Å². The van der Waals surface area contributed by atoms with Gasteiger partial charge in [-0.15, -0.1) is 0 Å². The van der Waals surface area contributed by atoms with Gasteiger partial charge in [0.2, 0.25) is 0 Å². The van der Waals surface area contributed by atoms with Crippen LogP contribution in [0.2, 0.25) is 0 Å². The molecule has 1 unspecified atom stereocenters. The molecule has 2 heterocycles. The first-order valence-corrected chi connectivity index (χ1v) is 8.24. The van der Waals surface area contributed by atoms with Gasteiger partial charge in [0.15, 0.2) is 5.17 Å². The zero-order valence-corrected chi connectivity index (χ0v) is 12.7. The molecule has 1 spiro atoms. The van der Waals surface area contributed by atoms with E-state index in [1.807, 2.05) is 11.8 Å². The van der Waals surface area contributed by atoms with Crippen LogP contribution in [0.4, 0.5) is 0 Å². The zero-order chi connectivity index (χ0) is 13.0. The molecule has 1 atom stereocenters. The molecule has 2 aliphatic rings. The summed E-state index contributed by atoms with van der Waals surface area (Å²) in [6.07, 6.45) is 4.69. The van der Waals surface area contributed by atoms with Crippen LogP contribution in [0.25, 0.3) is 0 Å². The van der Waals surface area contributed by atoms with Gasteiger partial charge in [0.1, 0.15) is 0 Å². The molecule has 2 fully saturated rings. The molecule has 0 saturated carbocycles. The van der Waals surface area contributed by atoms with Crippen molar-refractivity contribution < 1.29 is 4.74 Å². The summed E-state index contributed by atoms with van der Waals surface area (Å²) in [7, 11) is 0. The molecule has 0 aliphatic carbocycles. The highest BCUT2D eigenvalue weighted by Crippen LogP contribution is 2.32. The van der Waals surface area contributed by atoms with Crippen LogP contribution in [0.15, 0.2) is 4.99 Å². The monoisotopic (exact) mass is 270 g/mol. The number of rotatable bonds is 4. The highest BCUT2D eigenvalue weighted by Gasteiger charge is 2.38. The average molecular weight is 270 g/mol. The van der Waals surface area contributed by atoms with Crippen LogP contribution < -0.4 is 5.32 Å². The molecule has 4 heteroatoms. The van der Waals surface area contributed by atoms with Gasteiger partial charge < -0.3 is 10.1 Å². The highest BCUT2D eigenvalue weighted by atomic mass is 32.2. The Hall–Kier alpha value is -0.220. The predicted molar refractivity (Wildman–Crippen MR) is 79.3 cm³/mol. The molecule has 2 aliphatic heterocycles. The number of ether oxygens (including phenoxy) is 1. The molecular weight excluding hydrogens is 244 g/mol. The van der Waals surface area contributed by atoms with Gasteiger partial charge >= 0.3 is 0 Å². The minimum absolute atomic E-state index is 0.273. The Morgan fingerprint density at radius 2 is 2.00 bits per heavy atom. The van der Waals surface area contributed by atoms with Crippen LogP contribution in [-0.4, -0.2) is 35.7 Å². The van der Waals surface area contributed by atoms with Gasteiger partial charge in [-0.05, 0) is 25.7 Å². The van der Waals surface area contributed by atoms with E-state index in [0.717, 1.165) is 37.0 Å². The summed E-state index contributed by atoms with van der Waals surface area (Å²) >= 11 is 1.90. The lowest BCUT2D eigenvalue weighted by molar-refractivity contribution is 0.0555. The summed E-state index contributed by atoms with van der Waals surface area (Å²) in [5, 5.41) is 4.84. The van der Waals surface area contributed by atoms with Crippen molar-refractivity contribution >= 4 is 16.9 Å². The first-order valence-electron chi connectivity index (χ1n) is 7.25. The van der Waals surface area contributed by atoms with E-state index < -0.39 is 0 Å². The van der Waals surface area contributed by atoms with Crippen molar-refractivity contribution in [2.24, 2.45) is 10.9 Å². The van der Waals surface area contributed by atoms with Crippen molar-refractivity contribution in [2.75, 3.05) is 19.0 Å². The fourth-order valence-electron chi connectivity index (χ4n) is 2.87. The van der Waals surface area contributed by atoms with Gasteiger partial charge in [-0.2, -0.15) is 0 Å². The maximum Gasteiger partial charge on any atom is 0.157 e. The number of amidine groups is 1. The minimum Gasteiger partial charge on any atom is -0.381 e. The zero-order valence-electron chi connectivity index (χ0n) is 11.9. The topological polar surface area (TPSA) is 33.6 Å². The van der Waals surface area contributed by atoms with Gasteiger partial charge in [-0.1, -0.05) is 38.5 Å². The molecule has 2 saturated heterocycles. The molecule has 0 aromatic rings. The molecule has 3 nitrogen and oxygen atoms in total. The van der Waals surface area contributed by atoms with Gasteiger partial charge in [0.05, 0.1) is 11.6 Å². The van der Waals surface area contributed by atoms with Crippen molar-refractivity contribution in [3.63, 3.8) is 0 Å². The minimum atomic E-state index is 0.273. The second kappa shape index (κ2) is 6.29. The summed E-state index contributed by atoms with van der Waals surface area (Å²) in [6.45, 7) is 8.56. The third-order valence-electron chi connectivity index (χ3n) is 4.36. The quantitative estimate of drug-likeness (QED) is 0.852. The Kier molecular flexibility index (Phi) is 4.96. The van der Waals surface area contributed by atoms with E-state index in [0.29, 0.717) is 12.0 Å². The lowest BCUT2D eigenvalue weighted by Crippen LogP contribution is -2.48. The SMILES string of the molecule is CCC(CC)C(C)N=C1NC2(CCOCC2)CS1. The fraction of sp³-hybridized carbons (Fsp3) is 0.929. The van der Waals surface area contributed by atoms with Crippen LogP contribution in [0, 0.1) is 5.92 Å². The van der Waals surface area contributed by atoms with Crippen molar-refractivity contribution in [3.05, 3.63) is 0 Å². The van der Waals surface area contributed by atoms with E-state index in [9.17, 15) is 0 Å². The number of nitrogens with zero attached hydrogens (tertiary/aromatic N) is 1. The molecule has 104 valence electrons. The van der Waals surface area contributed by atoms with Crippen LogP contribution in [0.3, 0.4) is 0 Å². The van der Waals surface area contributed by atoms with Gasteiger partial charge in [-0.3, -0.25) is 4.99 Å². The van der Waals surface area contributed by atoms with Crippen LogP contribution in [0.5, 0.6) is 0 Å². The van der Waals surface area contributed by atoms with E-state index in [2.05, 4.69) is 26.1 Å². The van der Waals surface area contributed by atoms with Gasteiger partial charge in [0.25, 0.3) is 0 Å². The smallest absolute Gasteiger partial charge is 0.157 e. The Morgan fingerprint density at radius 3 is 2.61 bits per heavy atom. The molecule has 0 bridgehead atoms. The number of hydrogen-bond donors (Lipinski definition) is 1. The predicted octanol–water partition coefficient (Wildman–Crippen LogP) is 3.05. The fourth-order valence-corrected chi connectivity index (χ4v) is 4.17. The maximum absolute atomic E-state index is 5.46. The Labute approximate surface area is 115 Å². The average Bonchev–Trinajstić information content (AvgIpc) is 2.74. The standard InChI is InChI=1S/C14H26N2OS/c1-4-12(5-2)11(3)15-13-16-14(10-18-13)6-8-17-9-7-14/h11-12H,4-10H2,1-3H3,(H,15,16). The van der Waals surface area contributed by atoms with E-state index in [1.165, 1.54) is 12.8 Å². The maximum atomic E-state index is 5.46. The van der Waals surface area contributed by atoms with E-state index in [-0.39, 0.29) is 5.54 Å². The largest absolute Gasteiger partial charge is 0.381 e. The van der Waals surface area contributed by atoms with Gasteiger partial charge in [-0.25, -0.2) is 0 Å². The summed E-state index contributed by atoms with van der Waals surface area (Å²) in [5.41, 5.74) is 0.273. The lowest BCUT2D eigenvalue weighted by atomic mass is 9.93. The first-order chi connectivity index (χ1) is 8.69. The second-order valence-corrected chi connectivity index (χ2v) is 6.52. The van der Waals surface area contributed by atoms with Crippen LogP contribution in [-0.2, 0) is 4.74 Å². The highest BCUT2D eigenvalue weighted by molar-refractivity contribution is 8.14. The van der Waals surface area contributed by atoms with Crippen molar-refractivity contribution in [2.45, 2.75) is 58.0 Å². The molecule has 0 aromatic heterocycles. The molecule has 0 aromatic carbocycles. The molecule has 0 radical (unpaired) electrons. The number of nitrogens with one attached hydrogen (secondary N) is 1. The molecule has 0 amide bonds. The normalized spacial score (nSPS) is 26.8. The summed E-state index contributed by atoms with van der Waals surface area (Å²) in [4.78, 5) is 4.90. The number of aliphatic imine (C=N–C) groups is 1. The van der Waals surface area contributed by atoms with E-state index >= 15 is 0 Å². The summed E-state index contributed by atoms with van der Waals surface area (Å²) < 4.78 is 5.46. The first kappa shape index (κ1) is 14.2. The van der Waals surface area contributed by atoms with Crippen molar-refractivity contribution in [1.29, 1.82) is 0 Å². The van der Waals surface area contributed by atoms with Crippen molar-refractivity contribution in [3.8, 4) is 0 Å². The van der Waals surface area contributed by atoms with Gasteiger partial charge in [0, 0.05) is 19.0 Å². The Morgan fingerprint density at radius 1 is 1.33 bits per heavy atom. The number of thioether (sulfide) groups is 1. The summed E-state index contributed by atoms with van der Waals surface area (Å²) in [6, 6.07) is 0.435. The van der Waals surface area contributed by atoms with E-state index in [4.69, 9.17) is 9.73 Å². The lowest BCUT2D eigenvalue weighted by Gasteiger charge is -2.32. The van der Waals surface area contributed by atoms with E-state index in [1.54, 1.807) is 0 Å². The third kappa shape index (κ3) is 3.21. The molecule has 18 heavy (non-hydrogen) atoms.